The van der Waals surface area contributed by atoms with Crippen molar-refractivity contribution in [2.75, 3.05) is 0 Å². The van der Waals surface area contributed by atoms with E-state index in [1.54, 1.807) is 6.07 Å². The molecule has 0 aromatic heterocycles. The smallest absolute Gasteiger partial charge is 0.166 e. The molecular weight excluding hydrogens is 267 g/mol. The molecular formula is C18H19FO2. The molecule has 0 bridgehead atoms. The minimum Gasteiger partial charge on any atom is -0.456 e. The van der Waals surface area contributed by atoms with Gasteiger partial charge in [0.2, 0.25) is 0 Å². The van der Waals surface area contributed by atoms with Crippen molar-refractivity contribution in [2.45, 2.75) is 33.1 Å². The molecule has 0 aliphatic rings. The number of carbonyl (C=O) groups is 1. The van der Waals surface area contributed by atoms with Crippen molar-refractivity contribution in [3.8, 4) is 11.5 Å². The van der Waals surface area contributed by atoms with Crippen LogP contribution in [0.25, 0.3) is 0 Å². The van der Waals surface area contributed by atoms with Crippen LogP contribution >= 0.6 is 0 Å². The van der Waals surface area contributed by atoms with Gasteiger partial charge < -0.3 is 4.74 Å². The summed E-state index contributed by atoms with van der Waals surface area (Å²) in [4.78, 5) is 11.6. The summed E-state index contributed by atoms with van der Waals surface area (Å²) in [5.41, 5.74) is 0.880. The molecule has 0 spiro atoms. The van der Waals surface area contributed by atoms with Crippen LogP contribution < -0.4 is 4.74 Å². The lowest BCUT2D eigenvalue weighted by molar-refractivity contribution is 0.101. The fourth-order valence-corrected chi connectivity index (χ4v) is 2.22. The van der Waals surface area contributed by atoms with Gasteiger partial charge in [-0.1, -0.05) is 45.0 Å². The molecule has 0 atom stereocenters. The highest BCUT2D eigenvalue weighted by molar-refractivity contribution is 5.97. The van der Waals surface area contributed by atoms with Crippen LogP contribution in [0.4, 0.5) is 4.39 Å². The van der Waals surface area contributed by atoms with E-state index in [0.717, 1.165) is 5.56 Å². The Labute approximate surface area is 124 Å². The van der Waals surface area contributed by atoms with Gasteiger partial charge in [-0.3, -0.25) is 4.79 Å². The Bertz CT molecular complexity index is 669. The number of ether oxygens (including phenoxy) is 1. The summed E-state index contributed by atoms with van der Waals surface area (Å²) in [6.07, 6.45) is 0. The molecule has 0 radical (unpaired) electrons. The number of rotatable bonds is 3. The van der Waals surface area contributed by atoms with Gasteiger partial charge in [0.25, 0.3) is 0 Å². The lowest BCUT2D eigenvalue weighted by Gasteiger charge is -2.23. The quantitative estimate of drug-likeness (QED) is 0.732. The first-order valence-corrected chi connectivity index (χ1v) is 6.87. The van der Waals surface area contributed by atoms with E-state index in [1.165, 1.54) is 19.1 Å². The van der Waals surface area contributed by atoms with E-state index in [0.29, 0.717) is 5.75 Å². The Morgan fingerprint density at radius 1 is 1.00 bits per heavy atom. The summed E-state index contributed by atoms with van der Waals surface area (Å²) in [7, 11) is 0. The van der Waals surface area contributed by atoms with Gasteiger partial charge in [-0.25, -0.2) is 4.39 Å². The van der Waals surface area contributed by atoms with Crippen molar-refractivity contribution < 1.29 is 13.9 Å². The Kier molecular flexibility index (Phi) is 4.12. The van der Waals surface area contributed by atoms with Crippen LogP contribution in [0.3, 0.4) is 0 Å². The molecule has 0 saturated carbocycles. The molecule has 0 aliphatic heterocycles. The van der Waals surface area contributed by atoms with Crippen LogP contribution in [0.2, 0.25) is 0 Å². The van der Waals surface area contributed by atoms with Gasteiger partial charge in [-0.05, 0) is 30.5 Å². The average molecular weight is 286 g/mol. The van der Waals surface area contributed by atoms with Crippen LogP contribution in [0.15, 0.2) is 42.5 Å². The van der Waals surface area contributed by atoms with Crippen LogP contribution in [-0.4, -0.2) is 5.78 Å². The van der Waals surface area contributed by atoms with Crippen molar-refractivity contribution in [3.63, 3.8) is 0 Å². The fourth-order valence-electron chi connectivity index (χ4n) is 2.22. The molecule has 3 heteroatoms. The summed E-state index contributed by atoms with van der Waals surface area (Å²) in [5, 5.41) is 0. The number of halogens is 1. The first-order chi connectivity index (χ1) is 9.80. The van der Waals surface area contributed by atoms with Crippen molar-refractivity contribution >= 4 is 5.78 Å². The molecule has 0 fully saturated rings. The topological polar surface area (TPSA) is 26.3 Å². The molecule has 110 valence electrons. The summed E-state index contributed by atoms with van der Waals surface area (Å²) in [5.74, 6) is -0.0260. The number of benzene rings is 2. The number of para-hydroxylation sites is 1. The third kappa shape index (κ3) is 3.30. The molecule has 0 unspecified atom stereocenters. The molecule has 2 aromatic carbocycles. The van der Waals surface area contributed by atoms with Gasteiger partial charge in [-0.15, -0.1) is 0 Å². The maximum Gasteiger partial charge on any atom is 0.166 e. The van der Waals surface area contributed by atoms with Crippen molar-refractivity contribution in [1.29, 1.82) is 0 Å². The summed E-state index contributed by atoms with van der Waals surface area (Å²) >= 11 is 0. The molecule has 0 saturated heterocycles. The van der Waals surface area contributed by atoms with Crippen molar-refractivity contribution in [1.82, 2.24) is 0 Å². The van der Waals surface area contributed by atoms with Gasteiger partial charge in [0.05, 0.1) is 5.56 Å². The number of Topliss-reactive ketones (excluding diaryl/α,β-unsaturated/α-hetero) is 1. The van der Waals surface area contributed by atoms with Gasteiger partial charge in [0.15, 0.2) is 5.78 Å². The van der Waals surface area contributed by atoms with Gasteiger partial charge in [0, 0.05) is 5.56 Å². The minimum atomic E-state index is -0.562. The highest BCUT2D eigenvalue weighted by Gasteiger charge is 2.21. The predicted octanol–water partition coefficient (Wildman–Crippen LogP) is 5.12. The average Bonchev–Trinajstić information content (AvgIpc) is 2.37. The van der Waals surface area contributed by atoms with E-state index in [4.69, 9.17) is 4.74 Å². The highest BCUT2D eigenvalue weighted by atomic mass is 19.1. The van der Waals surface area contributed by atoms with Gasteiger partial charge in [0.1, 0.15) is 17.3 Å². The normalized spacial score (nSPS) is 11.3. The Morgan fingerprint density at radius 2 is 1.62 bits per heavy atom. The molecule has 0 aliphatic carbocycles. The molecule has 2 rings (SSSR count). The Hall–Kier alpha value is -2.16. The van der Waals surface area contributed by atoms with E-state index in [1.807, 2.05) is 24.3 Å². The zero-order valence-corrected chi connectivity index (χ0v) is 12.7. The number of carbonyl (C=O) groups excluding carboxylic acids is 1. The van der Waals surface area contributed by atoms with Crippen molar-refractivity contribution in [3.05, 3.63) is 59.4 Å². The Balaban J connectivity index is 2.50. The molecule has 2 aromatic rings. The third-order valence-electron chi connectivity index (χ3n) is 3.24. The molecule has 21 heavy (non-hydrogen) atoms. The maximum atomic E-state index is 13.8. The minimum absolute atomic E-state index is 0.0128. The largest absolute Gasteiger partial charge is 0.456 e. The van der Waals surface area contributed by atoms with Crippen LogP contribution in [0.5, 0.6) is 11.5 Å². The zero-order chi connectivity index (χ0) is 15.6. The SMILES string of the molecule is CC(=O)c1c(F)cccc1Oc1ccccc1C(C)(C)C. The lowest BCUT2D eigenvalue weighted by atomic mass is 9.86. The second-order valence-corrected chi connectivity index (χ2v) is 6.02. The summed E-state index contributed by atoms with van der Waals surface area (Å²) < 4.78 is 19.7. The van der Waals surface area contributed by atoms with E-state index in [-0.39, 0.29) is 22.5 Å². The lowest BCUT2D eigenvalue weighted by Crippen LogP contribution is -2.12. The molecule has 0 N–H and O–H groups in total. The second kappa shape index (κ2) is 5.68. The first-order valence-electron chi connectivity index (χ1n) is 6.87. The number of hydrogen-bond acceptors (Lipinski definition) is 2. The van der Waals surface area contributed by atoms with E-state index in [9.17, 15) is 9.18 Å². The second-order valence-electron chi connectivity index (χ2n) is 6.02. The number of ketones is 1. The zero-order valence-electron chi connectivity index (χ0n) is 12.7. The highest BCUT2D eigenvalue weighted by Crippen LogP contribution is 2.35. The Morgan fingerprint density at radius 3 is 2.24 bits per heavy atom. The summed E-state index contributed by atoms with van der Waals surface area (Å²) in [6.45, 7) is 7.56. The van der Waals surface area contributed by atoms with E-state index < -0.39 is 5.82 Å². The maximum absolute atomic E-state index is 13.8. The predicted molar refractivity (Wildman–Crippen MR) is 81.6 cm³/mol. The number of hydrogen-bond donors (Lipinski definition) is 0. The van der Waals surface area contributed by atoms with Crippen molar-refractivity contribution in [2.24, 2.45) is 0 Å². The first kappa shape index (κ1) is 15.2. The fraction of sp³-hybridized carbons (Fsp3) is 0.278. The van der Waals surface area contributed by atoms with E-state index >= 15 is 0 Å². The monoisotopic (exact) mass is 286 g/mol. The standard InChI is InChI=1S/C18H19FO2/c1-12(20)17-14(19)9-7-11-16(17)21-15-10-6-5-8-13(15)18(2,3)4/h5-11H,1-4H3. The molecule has 0 amide bonds. The van der Waals surface area contributed by atoms with E-state index in [2.05, 4.69) is 20.8 Å². The third-order valence-corrected chi connectivity index (χ3v) is 3.24. The van der Waals surface area contributed by atoms with Gasteiger partial charge in [-0.2, -0.15) is 0 Å². The summed E-state index contributed by atoms with van der Waals surface area (Å²) in [6, 6.07) is 12.0. The molecule has 2 nitrogen and oxygen atoms in total. The van der Waals surface area contributed by atoms with Crippen LogP contribution in [0.1, 0.15) is 43.6 Å². The molecule has 0 heterocycles. The van der Waals surface area contributed by atoms with Gasteiger partial charge >= 0.3 is 0 Å². The van der Waals surface area contributed by atoms with Crippen LogP contribution in [0, 0.1) is 5.82 Å². The van der Waals surface area contributed by atoms with Crippen LogP contribution in [-0.2, 0) is 5.41 Å².